The summed E-state index contributed by atoms with van der Waals surface area (Å²) in [6, 6.07) is 1.86. The van der Waals surface area contributed by atoms with Gasteiger partial charge >= 0.3 is 6.09 Å². The van der Waals surface area contributed by atoms with Crippen LogP contribution in [0.2, 0.25) is 0 Å². The molecule has 2 amide bonds. The number of aromatic amines is 1. The minimum Gasteiger partial charge on any atom is -0.444 e. The third-order valence-electron chi connectivity index (χ3n) is 5.73. The minimum atomic E-state index is -0.518. The Balaban J connectivity index is 1.64. The number of hydrogen-bond acceptors (Lipinski definition) is 6. The summed E-state index contributed by atoms with van der Waals surface area (Å²) >= 11 is 3.71. The fraction of sp³-hybridized carbons (Fsp3) is 0.524. The van der Waals surface area contributed by atoms with Crippen molar-refractivity contribution in [2.45, 2.75) is 49.8 Å². The molecule has 2 aromatic heterocycles. The first-order valence-electron chi connectivity index (χ1n) is 10.2. The molecular formula is C21H26IN5O3S. The SMILES string of the molecule is CSc1nccc(-c2[nH]c3c(c2I)C(=O)NCC32CCN(C(=O)OC(C)(C)C)CC2)n1. The summed E-state index contributed by atoms with van der Waals surface area (Å²) in [6.45, 7) is 7.33. The largest absolute Gasteiger partial charge is 0.444 e. The van der Waals surface area contributed by atoms with Crippen LogP contribution >= 0.6 is 34.4 Å². The number of amides is 2. The Hall–Kier alpha value is -1.82. The van der Waals surface area contributed by atoms with Crippen molar-refractivity contribution in [3.05, 3.63) is 27.1 Å². The molecule has 2 aromatic rings. The highest BCUT2D eigenvalue weighted by Gasteiger charge is 2.46. The second-order valence-corrected chi connectivity index (χ2v) is 10.8. The predicted molar refractivity (Wildman–Crippen MR) is 127 cm³/mol. The van der Waals surface area contributed by atoms with Gasteiger partial charge in [-0.1, -0.05) is 11.8 Å². The van der Waals surface area contributed by atoms with Crippen molar-refractivity contribution in [3.8, 4) is 11.4 Å². The molecule has 0 aliphatic carbocycles. The number of carbonyl (C=O) groups is 2. The van der Waals surface area contributed by atoms with Gasteiger partial charge in [-0.05, 0) is 68.5 Å². The first kappa shape index (κ1) is 22.4. The maximum absolute atomic E-state index is 12.8. The molecule has 0 atom stereocenters. The van der Waals surface area contributed by atoms with Crippen LogP contribution < -0.4 is 5.32 Å². The van der Waals surface area contributed by atoms with E-state index in [1.807, 2.05) is 33.1 Å². The molecule has 10 heteroatoms. The number of halogens is 1. The Labute approximate surface area is 199 Å². The molecule has 0 unspecified atom stereocenters. The standard InChI is InChI=1S/C21H26IN5O3S/c1-20(2,3)30-19(29)27-9-6-21(7-10-27)11-24-17(28)13-14(22)15(26-16(13)21)12-5-8-23-18(25-12)31-4/h5,8,26H,6-7,9-11H2,1-4H3,(H,24,28). The van der Waals surface area contributed by atoms with Crippen LogP contribution in [-0.4, -0.2) is 63.3 Å². The Bertz CT molecular complexity index is 1020. The number of rotatable bonds is 2. The molecule has 0 radical (unpaired) electrons. The first-order valence-corrected chi connectivity index (χ1v) is 12.5. The van der Waals surface area contributed by atoms with E-state index in [0.717, 1.165) is 33.5 Å². The number of nitrogens with zero attached hydrogens (tertiary/aromatic N) is 3. The van der Waals surface area contributed by atoms with Gasteiger partial charge in [-0.25, -0.2) is 14.8 Å². The highest BCUT2D eigenvalue weighted by molar-refractivity contribution is 14.1. The van der Waals surface area contributed by atoms with Gasteiger partial charge in [0.1, 0.15) is 5.60 Å². The van der Waals surface area contributed by atoms with Crippen molar-refractivity contribution >= 4 is 46.4 Å². The van der Waals surface area contributed by atoms with Crippen molar-refractivity contribution in [1.29, 1.82) is 0 Å². The van der Waals surface area contributed by atoms with E-state index in [2.05, 4.69) is 42.9 Å². The van der Waals surface area contributed by atoms with Crippen molar-refractivity contribution in [2.75, 3.05) is 25.9 Å². The van der Waals surface area contributed by atoms with Crippen molar-refractivity contribution in [2.24, 2.45) is 0 Å². The van der Waals surface area contributed by atoms with Crippen LogP contribution in [0.1, 0.15) is 49.7 Å². The molecule has 0 aromatic carbocycles. The number of likely N-dealkylation sites (tertiary alicyclic amines) is 1. The molecule has 0 bridgehead atoms. The van der Waals surface area contributed by atoms with Crippen molar-refractivity contribution < 1.29 is 14.3 Å². The molecule has 0 saturated carbocycles. The smallest absolute Gasteiger partial charge is 0.410 e. The Morgan fingerprint density at radius 3 is 2.68 bits per heavy atom. The maximum atomic E-state index is 12.8. The quantitative estimate of drug-likeness (QED) is 0.332. The summed E-state index contributed by atoms with van der Waals surface area (Å²) < 4.78 is 6.40. The van der Waals surface area contributed by atoms with Crippen molar-refractivity contribution in [1.82, 2.24) is 25.2 Å². The second-order valence-electron chi connectivity index (χ2n) is 8.92. The van der Waals surface area contributed by atoms with Crippen LogP contribution in [-0.2, 0) is 10.2 Å². The molecule has 2 N–H and O–H groups in total. The lowest BCUT2D eigenvalue weighted by Gasteiger charge is -2.43. The number of thioether (sulfide) groups is 1. The summed E-state index contributed by atoms with van der Waals surface area (Å²) in [5.74, 6) is -0.0683. The van der Waals surface area contributed by atoms with Crippen molar-refractivity contribution in [3.63, 3.8) is 0 Å². The molecule has 166 valence electrons. The molecule has 1 spiro atoms. The molecule has 8 nitrogen and oxygen atoms in total. The van der Waals surface area contributed by atoms with Gasteiger partial charge in [0, 0.05) is 36.9 Å². The van der Waals surface area contributed by atoms with Crippen LogP contribution in [0, 0.1) is 3.57 Å². The van der Waals surface area contributed by atoms with Gasteiger partial charge in [0.05, 0.1) is 20.5 Å². The van der Waals surface area contributed by atoms with Gasteiger partial charge in [0.25, 0.3) is 5.91 Å². The van der Waals surface area contributed by atoms with Crippen LogP contribution in [0.5, 0.6) is 0 Å². The summed E-state index contributed by atoms with van der Waals surface area (Å²) in [6.07, 6.45) is 4.88. The first-order chi connectivity index (χ1) is 14.6. The molecule has 1 saturated heterocycles. The van der Waals surface area contributed by atoms with E-state index in [1.165, 1.54) is 11.8 Å². The minimum absolute atomic E-state index is 0.0683. The maximum Gasteiger partial charge on any atom is 0.410 e. The molecule has 2 aliphatic rings. The second kappa shape index (κ2) is 8.27. The van der Waals surface area contributed by atoms with E-state index in [4.69, 9.17) is 4.74 Å². The number of carbonyl (C=O) groups excluding carboxylic acids is 2. The van der Waals surface area contributed by atoms with Crippen LogP contribution in [0.4, 0.5) is 4.79 Å². The van der Waals surface area contributed by atoms with Crippen LogP contribution in [0.15, 0.2) is 17.4 Å². The molecule has 31 heavy (non-hydrogen) atoms. The van der Waals surface area contributed by atoms with Gasteiger partial charge in [-0.2, -0.15) is 0 Å². The number of aromatic nitrogens is 3. The Kier molecular flexibility index (Phi) is 5.97. The van der Waals surface area contributed by atoms with E-state index in [1.54, 1.807) is 11.1 Å². The number of fused-ring (bicyclic) bond motifs is 2. The van der Waals surface area contributed by atoms with Crippen LogP contribution in [0.3, 0.4) is 0 Å². The third-order valence-corrected chi connectivity index (χ3v) is 7.37. The van der Waals surface area contributed by atoms with Gasteiger partial charge in [0.2, 0.25) is 0 Å². The highest BCUT2D eigenvalue weighted by Crippen LogP contribution is 2.43. The van der Waals surface area contributed by atoms with Crippen LogP contribution in [0.25, 0.3) is 11.4 Å². The average molecular weight is 555 g/mol. The van der Waals surface area contributed by atoms with Gasteiger partial charge < -0.3 is 19.9 Å². The Morgan fingerprint density at radius 1 is 1.32 bits per heavy atom. The number of H-pyrrole nitrogens is 1. The van der Waals surface area contributed by atoms with Gasteiger partial charge in [-0.15, -0.1) is 0 Å². The molecular weight excluding hydrogens is 529 g/mol. The van der Waals surface area contributed by atoms with E-state index in [-0.39, 0.29) is 17.4 Å². The molecule has 2 aliphatic heterocycles. The zero-order valence-electron chi connectivity index (χ0n) is 18.0. The third kappa shape index (κ3) is 4.28. The zero-order chi connectivity index (χ0) is 22.4. The summed E-state index contributed by atoms with van der Waals surface area (Å²) in [5, 5.41) is 3.76. The molecule has 1 fully saturated rings. The van der Waals surface area contributed by atoms with E-state index in [0.29, 0.717) is 30.4 Å². The number of hydrogen-bond donors (Lipinski definition) is 2. The number of nitrogens with one attached hydrogen (secondary N) is 2. The van der Waals surface area contributed by atoms with Gasteiger partial charge in [-0.3, -0.25) is 4.79 Å². The lowest BCUT2D eigenvalue weighted by atomic mass is 9.72. The Morgan fingerprint density at radius 2 is 2.03 bits per heavy atom. The average Bonchev–Trinajstić information content (AvgIpc) is 3.09. The monoisotopic (exact) mass is 555 g/mol. The summed E-state index contributed by atoms with van der Waals surface area (Å²) in [7, 11) is 0. The number of piperidine rings is 1. The summed E-state index contributed by atoms with van der Waals surface area (Å²) in [4.78, 5) is 39.4. The van der Waals surface area contributed by atoms with E-state index < -0.39 is 5.60 Å². The van der Waals surface area contributed by atoms with E-state index in [9.17, 15) is 9.59 Å². The van der Waals surface area contributed by atoms with E-state index >= 15 is 0 Å². The number of ether oxygens (including phenoxy) is 1. The van der Waals surface area contributed by atoms with Gasteiger partial charge in [0.15, 0.2) is 5.16 Å². The topological polar surface area (TPSA) is 100 Å². The lowest BCUT2D eigenvalue weighted by molar-refractivity contribution is 0.0156. The predicted octanol–water partition coefficient (Wildman–Crippen LogP) is 3.81. The summed E-state index contributed by atoms with van der Waals surface area (Å²) in [5.41, 5.74) is 2.49. The zero-order valence-corrected chi connectivity index (χ0v) is 21.0. The highest BCUT2D eigenvalue weighted by atomic mass is 127. The molecule has 4 rings (SSSR count). The fourth-order valence-corrected chi connectivity index (χ4v) is 5.42. The molecule has 4 heterocycles. The fourth-order valence-electron chi connectivity index (χ4n) is 4.14. The lowest BCUT2D eigenvalue weighted by Crippen LogP contribution is -2.54. The normalized spacial score (nSPS) is 18.0.